The number of benzene rings is 4. The van der Waals surface area contributed by atoms with E-state index in [-0.39, 0.29) is 0 Å². The van der Waals surface area contributed by atoms with E-state index < -0.39 is 0 Å². The summed E-state index contributed by atoms with van der Waals surface area (Å²) in [6, 6.07) is 33.5. The van der Waals surface area contributed by atoms with Gasteiger partial charge in [-0.15, -0.1) is 0 Å². The molecule has 4 aromatic carbocycles. The lowest BCUT2D eigenvalue weighted by Crippen LogP contribution is -1.95. The molecule has 0 bridgehead atoms. The Morgan fingerprint density at radius 3 is 1.32 bits per heavy atom. The number of aryl methyl sites for hydroxylation is 4. The molecule has 200 valence electrons. The third-order valence-electron chi connectivity index (χ3n) is 7.40. The van der Waals surface area contributed by atoms with Crippen LogP contribution in [0.25, 0.3) is 21.8 Å². The SMILES string of the molecule is Cc1cc(Cc2cc(C)c(N=Cc3ccc4ccccc4n3)c(C)c2)cc(C)c1N=Cc1ccc2ccccc2n1. The van der Waals surface area contributed by atoms with Crippen LogP contribution in [0.4, 0.5) is 11.4 Å². The highest BCUT2D eigenvalue weighted by molar-refractivity contribution is 5.87. The van der Waals surface area contributed by atoms with E-state index in [1.54, 1.807) is 0 Å². The van der Waals surface area contributed by atoms with Crippen LogP contribution in [0.5, 0.6) is 0 Å². The summed E-state index contributed by atoms with van der Waals surface area (Å²) < 4.78 is 0. The number of aliphatic imine (C=N–C) groups is 2. The van der Waals surface area contributed by atoms with Crippen LogP contribution in [0.2, 0.25) is 0 Å². The molecule has 0 N–H and O–H groups in total. The van der Waals surface area contributed by atoms with Crippen LogP contribution in [0.1, 0.15) is 44.8 Å². The molecule has 2 heterocycles. The average Bonchev–Trinajstić information content (AvgIpc) is 2.96. The molecule has 6 rings (SSSR count). The van der Waals surface area contributed by atoms with E-state index in [9.17, 15) is 0 Å². The Bertz CT molecular complexity index is 1780. The summed E-state index contributed by atoms with van der Waals surface area (Å²) in [6.07, 6.45) is 4.58. The highest BCUT2D eigenvalue weighted by atomic mass is 14.8. The van der Waals surface area contributed by atoms with Crippen molar-refractivity contribution in [2.24, 2.45) is 9.98 Å². The van der Waals surface area contributed by atoms with Crippen molar-refractivity contribution in [1.82, 2.24) is 9.97 Å². The van der Waals surface area contributed by atoms with Crippen LogP contribution in [-0.2, 0) is 6.42 Å². The molecule has 0 amide bonds. The highest BCUT2D eigenvalue weighted by Gasteiger charge is 2.09. The molecule has 2 aromatic heterocycles. The third-order valence-corrected chi connectivity index (χ3v) is 7.40. The van der Waals surface area contributed by atoms with Crippen molar-refractivity contribution in [2.45, 2.75) is 34.1 Å². The molecular weight excluding hydrogens is 500 g/mol. The van der Waals surface area contributed by atoms with Gasteiger partial charge in [-0.3, -0.25) is 9.98 Å². The molecule has 0 fully saturated rings. The zero-order valence-electron chi connectivity index (χ0n) is 23.9. The Kier molecular flexibility index (Phi) is 7.22. The van der Waals surface area contributed by atoms with E-state index in [1.165, 1.54) is 11.1 Å². The van der Waals surface area contributed by atoms with Gasteiger partial charge in [0, 0.05) is 10.8 Å². The van der Waals surface area contributed by atoms with E-state index in [1.807, 2.05) is 61.0 Å². The molecule has 4 nitrogen and oxygen atoms in total. The molecule has 0 aliphatic carbocycles. The molecule has 0 atom stereocenters. The summed E-state index contributed by atoms with van der Waals surface area (Å²) >= 11 is 0. The second-order valence-electron chi connectivity index (χ2n) is 10.7. The number of hydrogen-bond acceptors (Lipinski definition) is 4. The van der Waals surface area contributed by atoms with Crippen molar-refractivity contribution in [3.63, 3.8) is 0 Å². The Morgan fingerprint density at radius 1 is 0.512 bits per heavy atom. The van der Waals surface area contributed by atoms with E-state index in [2.05, 4.69) is 76.2 Å². The van der Waals surface area contributed by atoms with Crippen molar-refractivity contribution in [1.29, 1.82) is 0 Å². The number of fused-ring (bicyclic) bond motifs is 2. The van der Waals surface area contributed by atoms with E-state index in [4.69, 9.17) is 20.0 Å². The monoisotopic (exact) mass is 532 g/mol. The predicted octanol–water partition coefficient (Wildman–Crippen LogP) is 9.11. The smallest absolute Gasteiger partial charge is 0.0820 e. The first-order chi connectivity index (χ1) is 19.9. The zero-order valence-corrected chi connectivity index (χ0v) is 23.9. The zero-order chi connectivity index (χ0) is 28.3. The van der Waals surface area contributed by atoms with Gasteiger partial charge in [0.2, 0.25) is 0 Å². The second-order valence-corrected chi connectivity index (χ2v) is 10.7. The minimum Gasteiger partial charge on any atom is -0.254 e. The standard InChI is InChI=1S/C37H32N4/c1-24-17-28(18-25(2)36(24)38-22-32-15-13-30-9-5-7-11-34(30)40-32)21-29-19-26(3)37(27(4)20-29)39-23-33-16-14-31-10-6-8-12-35(31)41-33/h5-20,22-23H,21H2,1-4H3. The first kappa shape index (κ1) is 26.3. The maximum atomic E-state index is 4.82. The van der Waals surface area contributed by atoms with E-state index in [0.29, 0.717) is 0 Å². The van der Waals surface area contributed by atoms with Gasteiger partial charge in [0.25, 0.3) is 0 Å². The first-order valence-corrected chi connectivity index (χ1v) is 13.9. The third kappa shape index (κ3) is 5.82. The molecule has 6 aromatic rings. The van der Waals surface area contributed by atoms with Gasteiger partial charge in [-0.1, -0.05) is 72.8 Å². The molecule has 0 saturated carbocycles. The minimum atomic E-state index is 0.857. The first-order valence-electron chi connectivity index (χ1n) is 13.9. The number of rotatable bonds is 6. The lowest BCUT2D eigenvalue weighted by Gasteiger charge is -2.12. The van der Waals surface area contributed by atoms with Crippen molar-refractivity contribution in [3.05, 3.63) is 142 Å². The Morgan fingerprint density at radius 2 is 0.902 bits per heavy atom. The topological polar surface area (TPSA) is 50.5 Å². The summed E-state index contributed by atoms with van der Waals surface area (Å²) in [7, 11) is 0. The summed E-state index contributed by atoms with van der Waals surface area (Å²) in [5.74, 6) is 0. The van der Waals surface area contributed by atoms with Crippen molar-refractivity contribution < 1.29 is 0 Å². The fraction of sp³-hybridized carbons (Fsp3) is 0.135. The van der Waals surface area contributed by atoms with Crippen LogP contribution in [0.3, 0.4) is 0 Å². The maximum absolute atomic E-state index is 4.82. The molecule has 0 saturated heterocycles. The number of hydrogen-bond donors (Lipinski definition) is 0. The molecule has 41 heavy (non-hydrogen) atoms. The van der Waals surface area contributed by atoms with Gasteiger partial charge in [-0.2, -0.15) is 0 Å². The van der Waals surface area contributed by atoms with Crippen molar-refractivity contribution in [2.75, 3.05) is 0 Å². The number of para-hydroxylation sites is 2. The fourth-order valence-corrected chi connectivity index (χ4v) is 5.51. The summed E-state index contributed by atoms with van der Waals surface area (Å²) in [4.78, 5) is 19.1. The van der Waals surface area contributed by atoms with Crippen LogP contribution >= 0.6 is 0 Å². The average molecular weight is 533 g/mol. The molecule has 4 heteroatoms. The van der Waals surface area contributed by atoms with Crippen LogP contribution in [0, 0.1) is 27.7 Å². The fourth-order valence-electron chi connectivity index (χ4n) is 5.51. The van der Waals surface area contributed by atoms with Crippen LogP contribution < -0.4 is 0 Å². The summed E-state index contributed by atoms with van der Waals surface area (Å²) in [5, 5.41) is 2.27. The molecule has 0 spiro atoms. The van der Waals surface area contributed by atoms with Gasteiger partial charge in [-0.25, -0.2) is 9.97 Å². The van der Waals surface area contributed by atoms with Gasteiger partial charge in [-0.05, 0) is 91.8 Å². The Hall–Kier alpha value is -4.96. The molecule has 0 aliphatic heterocycles. The van der Waals surface area contributed by atoms with Gasteiger partial charge >= 0.3 is 0 Å². The minimum absolute atomic E-state index is 0.857. The Balaban J connectivity index is 1.20. The van der Waals surface area contributed by atoms with Crippen molar-refractivity contribution in [3.8, 4) is 0 Å². The molecule has 0 unspecified atom stereocenters. The summed E-state index contributed by atoms with van der Waals surface area (Å²) in [5.41, 5.74) is 12.9. The maximum Gasteiger partial charge on any atom is 0.0820 e. The largest absolute Gasteiger partial charge is 0.254 e. The van der Waals surface area contributed by atoms with Crippen LogP contribution in [0.15, 0.2) is 107 Å². The summed E-state index contributed by atoms with van der Waals surface area (Å²) in [6.45, 7) is 8.52. The highest BCUT2D eigenvalue weighted by Crippen LogP contribution is 2.29. The molecule has 0 radical (unpaired) electrons. The lowest BCUT2D eigenvalue weighted by molar-refractivity contribution is 1.14. The van der Waals surface area contributed by atoms with Gasteiger partial charge < -0.3 is 0 Å². The predicted molar refractivity (Wildman–Crippen MR) is 173 cm³/mol. The Labute approximate surface area is 241 Å². The molecule has 0 aliphatic rings. The van der Waals surface area contributed by atoms with Crippen LogP contribution in [-0.4, -0.2) is 22.4 Å². The number of aromatic nitrogens is 2. The second kappa shape index (κ2) is 11.3. The number of nitrogens with zero attached hydrogens (tertiary/aromatic N) is 4. The normalized spacial score (nSPS) is 11.8. The lowest BCUT2D eigenvalue weighted by atomic mass is 9.96. The van der Waals surface area contributed by atoms with Gasteiger partial charge in [0.15, 0.2) is 0 Å². The quantitative estimate of drug-likeness (QED) is 0.201. The number of pyridine rings is 2. The van der Waals surface area contributed by atoms with E-state index in [0.717, 1.165) is 73.2 Å². The van der Waals surface area contributed by atoms with Crippen molar-refractivity contribution >= 4 is 45.6 Å². The van der Waals surface area contributed by atoms with Gasteiger partial charge in [0.1, 0.15) is 0 Å². The van der Waals surface area contributed by atoms with E-state index >= 15 is 0 Å². The molecular formula is C37H32N4. The van der Waals surface area contributed by atoms with Gasteiger partial charge in [0.05, 0.1) is 46.2 Å².